The zero-order valence-electron chi connectivity index (χ0n) is 12.3. The maximum Gasteiger partial charge on any atom is 0.159 e. The van der Waals surface area contributed by atoms with E-state index in [4.69, 9.17) is 0 Å². The molecule has 1 N–H and O–H groups in total. The maximum absolute atomic E-state index is 13.2. The van der Waals surface area contributed by atoms with Crippen molar-refractivity contribution in [3.8, 4) is 0 Å². The first-order chi connectivity index (χ1) is 8.63. The maximum atomic E-state index is 13.2. The molecule has 1 saturated heterocycles. The fourth-order valence-electron chi connectivity index (χ4n) is 3.30. The Bertz CT molecular complexity index is 501. The Balaban J connectivity index is 2.15. The summed E-state index contributed by atoms with van der Waals surface area (Å²) in [6.07, 6.45) is 0. The summed E-state index contributed by atoms with van der Waals surface area (Å²) in [7, 11) is -2.48. The first-order valence-electron chi connectivity index (χ1n) is 6.73. The first kappa shape index (κ1) is 14.7. The number of nitrogens with one attached hydrogen (secondary N) is 1. The Hall–Kier alpha value is -0.660. The van der Waals surface area contributed by atoms with Crippen LogP contribution in [0.5, 0.6) is 0 Å². The van der Waals surface area contributed by atoms with Gasteiger partial charge in [-0.25, -0.2) is 4.39 Å². The molecule has 0 spiro atoms. The molecule has 2 rings (SSSR count). The van der Waals surface area contributed by atoms with Gasteiger partial charge in [0, 0.05) is 16.9 Å². The smallest absolute Gasteiger partial charge is 0.159 e. The molecule has 1 fully saturated rings. The molecule has 0 atom stereocenters. The van der Waals surface area contributed by atoms with Crippen molar-refractivity contribution in [1.82, 2.24) is 5.09 Å². The van der Waals surface area contributed by atoms with Crippen LogP contribution in [0.4, 0.5) is 4.39 Å². The molecule has 1 aliphatic heterocycles. The number of hydrogen-bond acceptors (Lipinski definition) is 1. The largest absolute Gasteiger partial charge is 0.306 e. The highest BCUT2D eigenvalue weighted by Crippen LogP contribution is 2.79. The van der Waals surface area contributed by atoms with E-state index in [0.29, 0.717) is 12.5 Å². The van der Waals surface area contributed by atoms with Crippen molar-refractivity contribution in [1.29, 1.82) is 0 Å². The fraction of sp³-hybridized carbons (Fsp3) is 0.600. The van der Waals surface area contributed by atoms with Crippen LogP contribution in [-0.2, 0) is 11.1 Å². The SMILES string of the molecule is CC1C(C)(C)P(=O)(NCc2ccc(F)cc2)C1(C)C. The highest BCUT2D eigenvalue weighted by molar-refractivity contribution is 7.66. The standard InChI is InChI=1S/C15H23FNOP/c1-11-14(2,3)19(18,15(11,4)5)17-10-12-6-8-13(16)9-7-12/h6-9,11H,10H2,1-5H3,(H,17,18). The van der Waals surface area contributed by atoms with Crippen molar-refractivity contribution in [3.05, 3.63) is 35.6 Å². The van der Waals surface area contributed by atoms with Gasteiger partial charge in [-0.1, -0.05) is 46.8 Å². The molecule has 0 aromatic heterocycles. The molecule has 106 valence electrons. The minimum absolute atomic E-state index is 0.184. The molecule has 2 nitrogen and oxygen atoms in total. The van der Waals surface area contributed by atoms with E-state index in [1.165, 1.54) is 12.1 Å². The molecule has 0 amide bonds. The van der Waals surface area contributed by atoms with Gasteiger partial charge in [0.1, 0.15) is 5.82 Å². The van der Waals surface area contributed by atoms with Gasteiger partial charge in [-0.05, 0) is 23.6 Å². The minimum Gasteiger partial charge on any atom is -0.306 e. The van der Waals surface area contributed by atoms with Crippen molar-refractivity contribution in [2.75, 3.05) is 0 Å². The van der Waals surface area contributed by atoms with E-state index in [2.05, 4.69) is 39.7 Å². The van der Waals surface area contributed by atoms with E-state index in [-0.39, 0.29) is 16.1 Å². The molecule has 4 heteroatoms. The van der Waals surface area contributed by atoms with Crippen LogP contribution in [0.2, 0.25) is 0 Å². The minimum atomic E-state index is -2.48. The Morgan fingerprint density at radius 2 is 1.63 bits per heavy atom. The van der Waals surface area contributed by atoms with E-state index in [1.54, 1.807) is 12.1 Å². The fourth-order valence-corrected chi connectivity index (χ4v) is 7.54. The van der Waals surface area contributed by atoms with E-state index in [1.807, 2.05) is 0 Å². The molecule has 19 heavy (non-hydrogen) atoms. The summed E-state index contributed by atoms with van der Waals surface area (Å²) in [5, 5.41) is 2.91. The highest BCUT2D eigenvalue weighted by atomic mass is 31.2. The van der Waals surface area contributed by atoms with Crippen molar-refractivity contribution in [2.24, 2.45) is 5.92 Å². The molecule has 0 saturated carbocycles. The monoisotopic (exact) mass is 283 g/mol. The van der Waals surface area contributed by atoms with Gasteiger partial charge < -0.3 is 4.57 Å². The van der Waals surface area contributed by atoms with Gasteiger partial charge in [-0.15, -0.1) is 0 Å². The summed E-state index contributed by atoms with van der Waals surface area (Å²) in [5.41, 5.74) is 0.961. The van der Waals surface area contributed by atoms with Crippen LogP contribution >= 0.6 is 7.29 Å². The predicted molar refractivity (Wildman–Crippen MR) is 78.2 cm³/mol. The predicted octanol–water partition coefficient (Wildman–Crippen LogP) is 4.40. The lowest BCUT2D eigenvalue weighted by Crippen LogP contribution is -2.60. The van der Waals surface area contributed by atoms with Crippen molar-refractivity contribution < 1.29 is 8.96 Å². The molecule has 1 aromatic carbocycles. The third-order valence-corrected chi connectivity index (χ3v) is 9.79. The Kier molecular flexibility index (Phi) is 3.43. The van der Waals surface area contributed by atoms with Gasteiger partial charge in [-0.3, -0.25) is 5.09 Å². The van der Waals surface area contributed by atoms with E-state index >= 15 is 0 Å². The summed E-state index contributed by atoms with van der Waals surface area (Å²) >= 11 is 0. The van der Waals surface area contributed by atoms with E-state index < -0.39 is 7.29 Å². The average molecular weight is 283 g/mol. The molecular weight excluding hydrogens is 260 g/mol. The summed E-state index contributed by atoms with van der Waals surface area (Å²) in [5.74, 6) is 0.167. The summed E-state index contributed by atoms with van der Waals surface area (Å²) in [4.78, 5) is 0. The molecule has 0 unspecified atom stereocenters. The van der Waals surface area contributed by atoms with Crippen molar-refractivity contribution in [3.63, 3.8) is 0 Å². The zero-order valence-corrected chi connectivity index (χ0v) is 13.2. The second-order valence-electron chi connectivity index (χ2n) is 6.60. The van der Waals surface area contributed by atoms with Crippen molar-refractivity contribution in [2.45, 2.75) is 51.5 Å². The number of hydrogen-bond donors (Lipinski definition) is 1. The van der Waals surface area contributed by atoms with Crippen molar-refractivity contribution >= 4 is 7.29 Å². The van der Waals surface area contributed by atoms with Gasteiger partial charge in [0.15, 0.2) is 7.29 Å². The molecule has 0 aliphatic carbocycles. The van der Waals surface area contributed by atoms with E-state index in [9.17, 15) is 8.96 Å². The lowest BCUT2D eigenvalue weighted by Gasteiger charge is -2.62. The Morgan fingerprint density at radius 1 is 1.16 bits per heavy atom. The molecule has 0 radical (unpaired) electrons. The zero-order chi connectivity index (χ0) is 14.5. The molecular formula is C15H23FNOP. The molecule has 1 aliphatic rings. The third kappa shape index (κ3) is 1.98. The number of benzene rings is 1. The van der Waals surface area contributed by atoms with Gasteiger partial charge in [0.2, 0.25) is 0 Å². The molecule has 1 heterocycles. The highest BCUT2D eigenvalue weighted by Gasteiger charge is 2.67. The van der Waals surface area contributed by atoms with Crippen LogP contribution < -0.4 is 5.09 Å². The number of rotatable bonds is 3. The average Bonchev–Trinajstić information content (AvgIpc) is 2.36. The third-order valence-electron chi connectivity index (χ3n) is 5.16. The van der Waals surface area contributed by atoms with E-state index in [0.717, 1.165) is 5.56 Å². The van der Waals surface area contributed by atoms with Gasteiger partial charge >= 0.3 is 0 Å². The van der Waals surface area contributed by atoms with Gasteiger partial charge in [0.05, 0.1) is 0 Å². The van der Waals surface area contributed by atoms with Crippen LogP contribution in [0.3, 0.4) is 0 Å². The number of halogens is 1. The van der Waals surface area contributed by atoms with Crippen LogP contribution in [0.1, 0.15) is 40.2 Å². The van der Waals surface area contributed by atoms with Crippen LogP contribution in [0.25, 0.3) is 0 Å². The quantitative estimate of drug-likeness (QED) is 0.833. The summed E-state index contributed by atoms with van der Waals surface area (Å²) < 4.78 is 26.1. The lowest BCUT2D eigenvalue weighted by atomic mass is 9.83. The van der Waals surface area contributed by atoms with Gasteiger partial charge in [0.25, 0.3) is 0 Å². The second-order valence-corrected chi connectivity index (χ2v) is 10.4. The normalized spacial score (nSPS) is 31.8. The Labute approximate surface area is 115 Å². The van der Waals surface area contributed by atoms with Crippen LogP contribution in [0, 0.1) is 11.7 Å². The van der Waals surface area contributed by atoms with Crippen LogP contribution in [-0.4, -0.2) is 10.3 Å². The van der Waals surface area contributed by atoms with Gasteiger partial charge in [-0.2, -0.15) is 0 Å². The summed E-state index contributed by atoms with van der Waals surface area (Å²) in [6.45, 7) is 11.0. The molecule has 0 bridgehead atoms. The lowest BCUT2D eigenvalue weighted by molar-refractivity contribution is 0.262. The summed E-state index contributed by atoms with van der Waals surface area (Å²) in [6, 6.07) is 6.34. The second kappa shape index (κ2) is 4.43. The van der Waals surface area contributed by atoms with Crippen LogP contribution in [0.15, 0.2) is 24.3 Å². The first-order valence-corrected chi connectivity index (χ1v) is 8.43. The molecule has 1 aromatic rings. The Morgan fingerprint density at radius 3 is 2.11 bits per heavy atom. The topological polar surface area (TPSA) is 29.1 Å².